The van der Waals surface area contributed by atoms with Crippen molar-refractivity contribution >= 4 is 5.96 Å². The van der Waals surface area contributed by atoms with E-state index in [0.717, 1.165) is 24.4 Å². The van der Waals surface area contributed by atoms with Crippen molar-refractivity contribution in [3.05, 3.63) is 41.2 Å². The van der Waals surface area contributed by atoms with Crippen LogP contribution in [-0.2, 0) is 13.1 Å². The maximum absolute atomic E-state index is 12.6. The van der Waals surface area contributed by atoms with Crippen LogP contribution in [0.25, 0.3) is 0 Å². The van der Waals surface area contributed by atoms with E-state index in [1.165, 1.54) is 13.2 Å². The van der Waals surface area contributed by atoms with Gasteiger partial charge in [-0.3, -0.25) is 9.67 Å². The number of aryl methyl sites for hydroxylation is 3. The fraction of sp³-hybridized carbons (Fsp3) is 0.474. The highest BCUT2D eigenvalue weighted by Gasteiger charge is 2.11. The van der Waals surface area contributed by atoms with Crippen LogP contribution in [-0.4, -0.2) is 43.1 Å². The Morgan fingerprint density at radius 2 is 2.04 bits per heavy atom. The lowest BCUT2D eigenvalue weighted by Gasteiger charge is -2.15. The van der Waals surface area contributed by atoms with Gasteiger partial charge in [-0.25, -0.2) is 0 Å². The normalized spacial score (nSPS) is 11.6. The maximum atomic E-state index is 12.6. The van der Waals surface area contributed by atoms with Crippen molar-refractivity contribution in [2.75, 3.05) is 20.7 Å². The molecule has 0 saturated heterocycles. The lowest BCUT2D eigenvalue weighted by atomic mass is 10.2. The van der Waals surface area contributed by atoms with Crippen LogP contribution in [0.1, 0.15) is 23.4 Å². The second-order valence-corrected chi connectivity index (χ2v) is 6.21. The molecule has 0 atom stereocenters. The number of alkyl halides is 2. The molecule has 9 heteroatoms. The van der Waals surface area contributed by atoms with Crippen molar-refractivity contribution in [2.45, 2.75) is 40.0 Å². The largest absolute Gasteiger partial charge is 0.497 e. The van der Waals surface area contributed by atoms with Crippen LogP contribution in [0.3, 0.4) is 0 Å². The van der Waals surface area contributed by atoms with Crippen LogP contribution < -0.4 is 20.1 Å². The van der Waals surface area contributed by atoms with E-state index in [9.17, 15) is 8.78 Å². The minimum absolute atomic E-state index is 0.100. The number of aliphatic imine (C=N–C) groups is 1. The number of nitrogens with one attached hydrogen (secondary N) is 2. The van der Waals surface area contributed by atoms with Crippen molar-refractivity contribution in [3.63, 3.8) is 0 Å². The van der Waals surface area contributed by atoms with E-state index in [0.29, 0.717) is 23.8 Å². The van der Waals surface area contributed by atoms with Gasteiger partial charge in [0.05, 0.1) is 12.8 Å². The molecule has 0 aliphatic rings. The van der Waals surface area contributed by atoms with Crippen molar-refractivity contribution in [1.82, 2.24) is 20.4 Å². The Balaban J connectivity index is 1.86. The molecular formula is C19H27F2N5O2. The second kappa shape index (κ2) is 10.5. The molecule has 7 nitrogen and oxygen atoms in total. The number of methoxy groups -OCH3 is 1. The SMILES string of the molecule is CN=C(NCCCn1nc(C)cc1C)NCc1cc(OC)ccc1OC(F)F. The second-order valence-electron chi connectivity index (χ2n) is 6.21. The molecule has 0 unspecified atom stereocenters. The Morgan fingerprint density at radius 1 is 1.25 bits per heavy atom. The monoisotopic (exact) mass is 395 g/mol. The maximum Gasteiger partial charge on any atom is 0.387 e. The van der Waals surface area contributed by atoms with Gasteiger partial charge in [-0.2, -0.15) is 13.9 Å². The summed E-state index contributed by atoms with van der Waals surface area (Å²) < 4.78 is 36.9. The molecule has 0 fully saturated rings. The highest BCUT2D eigenvalue weighted by molar-refractivity contribution is 5.79. The van der Waals surface area contributed by atoms with Crippen LogP contribution in [0.2, 0.25) is 0 Å². The van der Waals surface area contributed by atoms with Crippen molar-refractivity contribution < 1.29 is 18.3 Å². The first-order valence-corrected chi connectivity index (χ1v) is 9.00. The van der Waals surface area contributed by atoms with Crippen LogP contribution >= 0.6 is 0 Å². The Hall–Kier alpha value is -2.84. The molecule has 1 heterocycles. The van der Waals surface area contributed by atoms with Crippen LogP contribution in [0.5, 0.6) is 11.5 Å². The van der Waals surface area contributed by atoms with E-state index in [-0.39, 0.29) is 12.3 Å². The number of guanidine groups is 1. The van der Waals surface area contributed by atoms with Gasteiger partial charge in [-0.15, -0.1) is 0 Å². The van der Waals surface area contributed by atoms with Gasteiger partial charge >= 0.3 is 6.61 Å². The molecule has 1 aromatic heterocycles. The third-order valence-corrected chi connectivity index (χ3v) is 4.10. The molecule has 0 aliphatic carbocycles. The van der Waals surface area contributed by atoms with Crippen molar-refractivity contribution in [1.29, 1.82) is 0 Å². The fourth-order valence-corrected chi connectivity index (χ4v) is 2.77. The number of hydrogen-bond acceptors (Lipinski definition) is 4. The molecule has 28 heavy (non-hydrogen) atoms. The van der Waals surface area contributed by atoms with Crippen LogP contribution in [0.4, 0.5) is 8.78 Å². The van der Waals surface area contributed by atoms with Crippen LogP contribution in [0.15, 0.2) is 29.3 Å². The summed E-state index contributed by atoms with van der Waals surface area (Å²) in [6, 6.07) is 6.74. The van der Waals surface area contributed by atoms with Crippen molar-refractivity contribution in [3.8, 4) is 11.5 Å². The molecule has 0 saturated carbocycles. The van der Waals surface area contributed by atoms with Gasteiger partial charge in [-0.05, 0) is 44.5 Å². The topological polar surface area (TPSA) is 72.7 Å². The molecule has 0 bridgehead atoms. The zero-order valence-electron chi connectivity index (χ0n) is 16.6. The lowest BCUT2D eigenvalue weighted by Crippen LogP contribution is -2.37. The average Bonchev–Trinajstić information content (AvgIpc) is 2.98. The third kappa shape index (κ3) is 6.40. The minimum atomic E-state index is -2.89. The van der Waals surface area contributed by atoms with E-state index in [1.807, 2.05) is 24.6 Å². The average molecular weight is 395 g/mol. The van der Waals surface area contributed by atoms with Gasteiger partial charge < -0.3 is 20.1 Å². The molecule has 0 aliphatic heterocycles. The van der Waals surface area contributed by atoms with Gasteiger partial charge in [0, 0.05) is 37.9 Å². The number of benzene rings is 1. The van der Waals surface area contributed by atoms with E-state index >= 15 is 0 Å². The zero-order chi connectivity index (χ0) is 20.5. The summed E-state index contributed by atoms with van der Waals surface area (Å²) in [4.78, 5) is 4.15. The quantitative estimate of drug-likeness (QED) is 0.388. The van der Waals surface area contributed by atoms with Gasteiger partial charge in [0.25, 0.3) is 0 Å². The minimum Gasteiger partial charge on any atom is -0.497 e. The molecule has 0 spiro atoms. The predicted octanol–water partition coefficient (Wildman–Crippen LogP) is 2.87. The first kappa shape index (κ1) is 21.5. The summed E-state index contributed by atoms with van der Waals surface area (Å²) in [5, 5.41) is 10.7. The number of rotatable bonds is 9. The van der Waals surface area contributed by atoms with Crippen LogP contribution in [0, 0.1) is 13.8 Å². The Labute approximate surface area is 163 Å². The van der Waals surface area contributed by atoms with Gasteiger partial charge in [-0.1, -0.05) is 0 Å². The molecule has 0 amide bonds. The number of ether oxygens (including phenoxy) is 2. The summed E-state index contributed by atoms with van der Waals surface area (Å²) in [6.45, 7) is 2.86. The zero-order valence-corrected chi connectivity index (χ0v) is 16.6. The predicted molar refractivity (Wildman–Crippen MR) is 104 cm³/mol. The number of aromatic nitrogens is 2. The van der Waals surface area contributed by atoms with E-state index < -0.39 is 6.61 Å². The number of nitrogens with zero attached hydrogens (tertiary/aromatic N) is 3. The first-order chi connectivity index (χ1) is 13.4. The number of hydrogen-bond donors (Lipinski definition) is 2. The summed E-state index contributed by atoms with van der Waals surface area (Å²) >= 11 is 0. The fourth-order valence-electron chi connectivity index (χ4n) is 2.77. The number of halogens is 2. The lowest BCUT2D eigenvalue weighted by molar-refractivity contribution is -0.0504. The van der Waals surface area contributed by atoms with E-state index in [2.05, 4.69) is 25.5 Å². The molecule has 154 valence electrons. The molecule has 2 rings (SSSR count). The Kier molecular flexibility index (Phi) is 8.03. The van der Waals surface area contributed by atoms with Gasteiger partial charge in [0.2, 0.25) is 0 Å². The highest BCUT2D eigenvalue weighted by atomic mass is 19.3. The molecule has 0 radical (unpaired) electrons. The van der Waals surface area contributed by atoms with E-state index in [4.69, 9.17) is 4.74 Å². The molecule has 2 aromatic rings. The molecular weight excluding hydrogens is 368 g/mol. The Morgan fingerprint density at radius 3 is 2.64 bits per heavy atom. The van der Waals surface area contributed by atoms with Gasteiger partial charge in [0.1, 0.15) is 11.5 Å². The summed E-state index contributed by atoms with van der Waals surface area (Å²) in [6.07, 6.45) is 0.863. The first-order valence-electron chi connectivity index (χ1n) is 9.00. The summed E-state index contributed by atoms with van der Waals surface area (Å²) in [5.74, 6) is 1.23. The van der Waals surface area contributed by atoms with E-state index in [1.54, 1.807) is 19.2 Å². The molecule has 2 N–H and O–H groups in total. The Bertz CT molecular complexity index is 793. The third-order valence-electron chi connectivity index (χ3n) is 4.10. The summed E-state index contributed by atoms with van der Waals surface area (Å²) in [5.41, 5.74) is 2.68. The summed E-state index contributed by atoms with van der Waals surface area (Å²) in [7, 11) is 3.17. The van der Waals surface area contributed by atoms with Crippen molar-refractivity contribution in [2.24, 2.45) is 4.99 Å². The molecule has 1 aromatic carbocycles. The smallest absolute Gasteiger partial charge is 0.387 e. The highest BCUT2D eigenvalue weighted by Crippen LogP contribution is 2.25. The van der Waals surface area contributed by atoms with Gasteiger partial charge in [0.15, 0.2) is 5.96 Å². The standard InChI is InChI=1S/C19H27F2N5O2/c1-13-10-14(2)26(25-13)9-5-8-23-19(22-3)24-12-15-11-16(27-4)6-7-17(15)28-18(20)21/h6-7,10-11,18H,5,8-9,12H2,1-4H3,(H2,22,23,24).